The molecule has 3 heteroatoms. The maximum absolute atomic E-state index is 12.0. The van der Waals surface area contributed by atoms with E-state index in [1.807, 2.05) is 49.4 Å². The van der Waals surface area contributed by atoms with Crippen molar-refractivity contribution in [3.8, 4) is 5.75 Å². The fourth-order valence-electron chi connectivity index (χ4n) is 2.70. The van der Waals surface area contributed by atoms with Gasteiger partial charge in [0.25, 0.3) is 0 Å². The molecule has 2 aliphatic heterocycles. The van der Waals surface area contributed by atoms with Gasteiger partial charge in [0.1, 0.15) is 5.75 Å². The summed E-state index contributed by atoms with van der Waals surface area (Å²) >= 11 is 0. The summed E-state index contributed by atoms with van der Waals surface area (Å²) in [6.45, 7) is 2.03. The Bertz CT molecular complexity index is 761. The number of esters is 1. The van der Waals surface area contributed by atoms with Gasteiger partial charge < -0.3 is 9.47 Å². The predicted octanol–water partition coefficient (Wildman–Crippen LogP) is 3.42. The minimum Gasteiger partial charge on any atom is -0.444 e. The molecule has 1 atom stereocenters. The molecule has 2 heterocycles. The van der Waals surface area contributed by atoms with E-state index in [1.165, 1.54) is 0 Å². The molecule has 4 rings (SSSR count). The van der Waals surface area contributed by atoms with Crippen molar-refractivity contribution in [2.75, 3.05) is 0 Å². The van der Waals surface area contributed by atoms with E-state index in [4.69, 9.17) is 9.47 Å². The molecule has 2 aliphatic rings. The molecule has 0 amide bonds. The molecular formula is C17H12O3. The molecule has 0 aromatic heterocycles. The molecule has 0 N–H and O–H groups in total. The summed E-state index contributed by atoms with van der Waals surface area (Å²) in [7, 11) is 0. The van der Waals surface area contributed by atoms with Gasteiger partial charge in [-0.15, -0.1) is 0 Å². The lowest BCUT2D eigenvalue weighted by molar-refractivity contribution is -0.103. The molecule has 0 aliphatic carbocycles. The van der Waals surface area contributed by atoms with Crippen molar-refractivity contribution in [1.82, 2.24) is 0 Å². The van der Waals surface area contributed by atoms with Crippen molar-refractivity contribution in [3.05, 3.63) is 70.8 Å². The van der Waals surface area contributed by atoms with E-state index in [2.05, 4.69) is 0 Å². The van der Waals surface area contributed by atoms with Gasteiger partial charge in [-0.25, -0.2) is 4.79 Å². The number of hydrogen-bond donors (Lipinski definition) is 0. The second-order valence-electron chi connectivity index (χ2n) is 5.08. The van der Waals surface area contributed by atoms with E-state index >= 15 is 0 Å². The number of aryl methyl sites for hydroxylation is 1. The lowest BCUT2D eigenvalue weighted by Gasteiger charge is -2.30. The molecule has 0 saturated heterocycles. The van der Waals surface area contributed by atoms with Crippen LogP contribution in [-0.4, -0.2) is 5.97 Å². The largest absolute Gasteiger partial charge is 0.444 e. The number of rotatable bonds is 0. The Labute approximate surface area is 116 Å². The Balaban J connectivity index is 1.87. The van der Waals surface area contributed by atoms with Crippen LogP contribution in [0.3, 0.4) is 0 Å². The van der Waals surface area contributed by atoms with Crippen LogP contribution >= 0.6 is 0 Å². The lowest BCUT2D eigenvalue weighted by atomic mass is 9.98. The zero-order valence-electron chi connectivity index (χ0n) is 10.9. The molecule has 1 spiro atoms. The van der Waals surface area contributed by atoms with Crippen LogP contribution in [0.5, 0.6) is 5.75 Å². The van der Waals surface area contributed by atoms with Crippen LogP contribution in [-0.2, 0) is 10.5 Å². The van der Waals surface area contributed by atoms with E-state index in [9.17, 15) is 4.79 Å². The quantitative estimate of drug-likeness (QED) is 0.684. The Kier molecular flexibility index (Phi) is 2.11. The SMILES string of the molecule is Cc1ccc2c(c1)C=CC1(OC(=O)c3ccccc31)O2. The number of hydrogen-bond acceptors (Lipinski definition) is 3. The van der Waals surface area contributed by atoms with Crippen molar-refractivity contribution >= 4 is 12.0 Å². The lowest BCUT2D eigenvalue weighted by Crippen LogP contribution is -2.32. The highest BCUT2D eigenvalue weighted by Crippen LogP contribution is 2.43. The molecule has 2 aromatic rings. The number of carbonyl (C=O) groups excluding carboxylic acids is 1. The highest BCUT2D eigenvalue weighted by atomic mass is 16.7. The summed E-state index contributed by atoms with van der Waals surface area (Å²) in [6.07, 6.45) is 3.75. The van der Waals surface area contributed by atoms with Crippen LogP contribution < -0.4 is 4.74 Å². The van der Waals surface area contributed by atoms with Crippen LogP contribution in [0.1, 0.15) is 27.0 Å². The van der Waals surface area contributed by atoms with Crippen LogP contribution in [0.25, 0.3) is 6.08 Å². The Morgan fingerprint density at radius 2 is 1.90 bits per heavy atom. The zero-order valence-corrected chi connectivity index (χ0v) is 10.9. The third-order valence-electron chi connectivity index (χ3n) is 3.68. The van der Waals surface area contributed by atoms with Gasteiger partial charge in [0.2, 0.25) is 0 Å². The molecular weight excluding hydrogens is 252 g/mol. The van der Waals surface area contributed by atoms with Crippen LogP contribution in [0.4, 0.5) is 0 Å². The Morgan fingerprint density at radius 3 is 2.80 bits per heavy atom. The van der Waals surface area contributed by atoms with E-state index in [1.54, 1.807) is 12.1 Å². The Hall–Kier alpha value is -2.55. The molecule has 0 radical (unpaired) electrons. The van der Waals surface area contributed by atoms with E-state index in [0.717, 1.165) is 22.4 Å². The van der Waals surface area contributed by atoms with Crippen molar-refractivity contribution in [2.45, 2.75) is 12.7 Å². The molecule has 0 saturated carbocycles. The van der Waals surface area contributed by atoms with Crippen molar-refractivity contribution < 1.29 is 14.3 Å². The van der Waals surface area contributed by atoms with Crippen molar-refractivity contribution in [2.24, 2.45) is 0 Å². The topological polar surface area (TPSA) is 35.5 Å². The number of carbonyl (C=O) groups is 1. The average molecular weight is 264 g/mol. The maximum Gasteiger partial charge on any atom is 0.342 e. The van der Waals surface area contributed by atoms with Crippen LogP contribution in [0, 0.1) is 6.92 Å². The zero-order chi connectivity index (χ0) is 13.7. The van der Waals surface area contributed by atoms with Crippen LogP contribution in [0.2, 0.25) is 0 Å². The second kappa shape index (κ2) is 3.73. The van der Waals surface area contributed by atoms with E-state index < -0.39 is 5.79 Å². The molecule has 3 nitrogen and oxygen atoms in total. The third kappa shape index (κ3) is 1.43. The normalized spacial score (nSPS) is 22.1. The summed E-state index contributed by atoms with van der Waals surface area (Å²) in [5.41, 5.74) is 3.48. The first-order chi connectivity index (χ1) is 9.68. The fraction of sp³-hybridized carbons (Fsp3) is 0.118. The molecule has 2 aromatic carbocycles. The minimum absolute atomic E-state index is 0.346. The molecule has 1 unspecified atom stereocenters. The highest BCUT2D eigenvalue weighted by molar-refractivity contribution is 5.95. The smallest absolute Gasteiger partial charge is 0.342 e. The fourth-order valence-corrected chi connectivity index (χ4v) is 2.70. The molecule has 98 valence electrons. The number of benzene rings is 2. The van der Waals surface area contributed by atoms with E-state index in [-0.39, 0.29) is 5.97 Å². The number of ether oxygens (including phenoxy) is 2. The summed E-state index contributed by atoms with van der Waals surface area (Å²) in [5.74, 6) is -0.737. The van der Waals surface area contributed by atoms with Gasteiger partial charge in [-0.1, -0.05) is 23.8 Å². The van der Waals surface area contributed by atoms with Crippen molar-refractivity contribution in [3.63, 3.8) is 0 Å². The number of fused-ring (bicyclic) bond motifs is 3. The van der Waals surface area contributed by atoms with E-state index in [0.29, 0.717) is 5.56 Å². The summed E-state index contributed by atoms with van der Waals surface area (Å²) in [6, 6.07) is 13.3. The van der Waals surface area contributed by atoms with Gasteiger partial charge in [0, 0.05) is 11.6 Å². The molecule has 0 bridgehead atoms. The minimum atomic E-state index is -1.12. The van der Waals surface area contributed by atoms with Crippen molar-refractivity contribution in [1.29, 1.82) is 0 Å². The van der Waals surface area contributed by atoms with Gasteiger partial charge in [0.15, 0.2) is 0 Å². The van der Waals surface area contributed by atoms with Crippen LogP contribution in [0.15, 0.2) is 48.5 Å². The standard InChI is InChI=1S/C17H12O3/c1-11-6-7-15-12(10-11)8-9-17(19-15)14-5-3-2-4-13(14)16(18)20-17/h2-10H,1H3. The third-order valence-corrected chi connectivity index (χ3v) is 3.68. The molecule has 20 heavy (non-hydrogen) atoms. The van der Waals surface area contributed by atoms with Gasteiger partial charge in [-0.05, 0) is 37.3 Å². The summed E-state index contributed by atoms with van der Waals surface area (Å²) < 4.78 is 11.5. The second-order valence-corrected chi connectivity index (χ2v) is 5.08. The summed E-state index contributed by atoms with van der Waals surface area (Å²) in [4.78, 5) is 12.0. The highest BCUT2D eigenvalue weighted by Gasteiger charge is 2.47. The first-order valence-corrected chi connectivity index (χ1v) is 6.50. The average Bonchev–Trinajstić information content (AvgIpc) is 2.73. The van der Waals surface area contributed by atoms with Gasteiger partial charge >= 0.3 is 11.8 Å². The first kappa shape index (κ1) is 11.3. The first-order valence-electron chi connectivity index (χ1n) is 6.50. The van der Waals surface area contributed by atoms with Gasteiger partial charge in [-0.2, -0.15) is 0 Å². The monoisotopic (exact) mass is 264 g/mol. The predicted molar refractivity (Wildman–Crippen MR) is 74.4 cm³/mol. The maximum atomic E-state index is 12.0. The van der Waals surface area contributed by atoms with Gasteiger partial charge in [-0.3, -0.25) is 0 Å². The Morgan fingerprint density at radius 1 is 1.05 bits per heavy atom. The molecule has 0 fully saturated rings. The van der Waals surface area contributed by atoms with Gasteiger partial charge in [0.05, 0.1) is 11.1 Å². The summed E-state index contributed by atoms with van der Waals surface area (Å²) in [5, 5.41) is 0.